The van der Waals surface area contributed by atoms with Gasteiger partial charge in [-0.05, 0) is 30.0 Å². The molecule has 0 atom stereocenters. The van der Waals surface area contributed by atoms with E-state index < -0.39 is 0 Å². The molecule has 1 N–H and O–H groups in total. The van der Waals surface area contributed by atoms with E-state index in [-0.39, 0.29) is 0 Å². The average Bonchev–Trinajstić information content (AvgIpc) is 2.74. The maximum Gasteiger partial charge on any atom is 0.134 e. The van der Waals surface area contributed by atoms with Gasteiger partial charge in [0.05, 0.1) is 6.54 Å². The molecule has 0 fully saturated rings. The second kappa shape index (κ2) is 6.45. The third kappa shape index (κ3) is 3.24. The summed E-state index contributed by atoms with van der Waals surface area (Å²) in [4.78, 5) is 0. The molecule has 0 aliphatic carbocycles. The van der Waals surface area contributed by atoms with Crippen LogP contribution in [0.1, 0.15) is 63.8 Å². The van der Waals surface area contributed by atoms with Crippen molar-refractivity contribution in [3.63, 3.8) is 0 Å². The van der Waals surface area contributed by atoms with Crippen LogP contribution in [0.3, 0.4) is 0 Å². The molecule has 110 valence electrons. The largest absolute Gasteiger partial charge is 0.459 e. The van der Waals surface area contributed by atoms with Crippen molar-refractivity contribution in [2.75, 3.05) is 0 Å². The molecule has 0 amide bonds. The van der Waals surface area contributed by atoms with E-state index in [2.05, 4.69) is 58.1 Å². The summed E-state index contributed by atoms with van der Waals surface area (Å²) in [6.07, 6.45) is 2.32. The number of hydrogen-bond acceptors (Lipinski definition) is 2. The van der Waals surface area contributed by atoms with E-state index in [9.17, 15) is 0 Å². The second-order valence-corrected chi connectivity index (χ2v) is 6.21. The molecular formula is C18H27NO. The quantitative estimate of drug-likeness (QED) is 0.800. The predicted octanol–water partition coefficient (Wildman–Crippen LogP) is 5.01. The van der Waals surface area contributed by atoms with Crippen LogP contribution in [0, 0.1) is 0 Å². The van der Waals surface area contributed by atoms with E-state index in [4.69, 9.17) is 4.42 Å². The zero-order valence-corrected chi connectivity index (χ0v) is 13.4. The van der Waals surface area contributed by atoms with Crippen LogP contribution in [0.25, 0.3) is 11.0 Å². The molecule has 1 aromatic heterocycles. The van der Waals surface area contributed by atoms with Crippen molar-refractivity contribution in [2.24, 2.45) is 0 Å². The first kappa shape index (κ1) is 15.1. The average molecular weight is 273 g/mol. The lowest BCUT2D eigenvalue weighted by molar-refractivity contribution is 0.480. The molecule has 0 aliphatic heterocycles. The van der Waals surface area contributed by atoms with Crippen LogP contribution in [0.4, 0.5) is 0 Å². The number of nitrogens with one attached hydrogen (secondary N) is 1. The maximum atomic E-state index is 6.08. The van der Waals surface area contributed by atoms with Gasteiger partial charge in [0.1, 0.15) is 11.3 Å². The number of furan rings is 1. The van der Waals surface area contributed by atoms with Crippen molar-refractivity contribution in [3.8, 4) is 0 Å². The summed E-state index contributed by atoms with van der Waals surface area (Å²) in [5.41, 5.74) is 3.80. The normalized spacial score (nSPS) is 11.9. The standard InChI is InChI=1S/C18H27NO/c1-6-7-14-8-9-16-15(10-14)18(12(2)3)17(20-16)11-19-13(4)5/h8-10,12-13,19H,6-7,11H2,1-5H3. The molecule has 0 spiro atoms. The van der Waals surface area contributed by atoms with Crippen molar-refractivity contribution in [1.29, 1.82) is 0 Å². The summed E-state index contributed by atoms with van der Waals surface area (Å²) in [6, 6.07) is 7.11. The molecule has 20 heavy (non-hydrogen) atoms. The zero-order chi connectivity index (χ0) is 14.7. The van der Waals surface area contributed by atoms with Crippen LogP contribution in [-0.2, 0) is 13.0 Å². The molecule has 2 aromatic rings. The Kier molecular flexibility index (Phi) is 4.87. The lowest BCUT2D eigenvalue weighted by atomic mass is 9.97. The summed E-state index contributed by atoms with van der Waals surface area (Å²) in [7, 11) is 0. The third-order valence-electron chi connectivity index (χ3n) is 3.65. The summed E-state index contributed by atoms with van der Waals surface area (Å²) >= 11 is 0. The molecule has 0 saturated carbocycles. The molecule has 1 aromatic carbocycles. The predicted molar refractivity (Wildman–Crippen MR) is 86.3 cm³/mol. The van der Waals surface area contributed by atoms with Gasteiger partial charge in [-0.3, -0.25) is 0 Å². The van der Waals surface area contributed by atoms with Crippen molar-refractivity contribution in [2.45, 2.75) is 66.0 Å². The molecule has 0 bridgehead atoms. The van der Waals surface area contributed by atoms with Crippen LogP contribution < -0.4 is 5.32 Å². The third-order valence-corrected chi connectivity index (χ3v) is 3.65. The van der Waals surface area contributed by atoms with Gasteiger partial charge in [-0.25, -0.2) is 0 Å². The topological polar surface area (TPSA) is 25.2 Å². The summed E-state index contributed by atoms with van der Waals surface area (Å²) in [5, 5.41) is 4.76. The Balaban J connectivity index is 2.44. The Morgan fingerprint density at radius 1 is 1.15 bits per heavy atom. The molecule has 0 radical (unpaired) electrons. The highest BCUT2D eigenvalue weighted by Crippen LogP contribution is 2.32. The van der Waals surface area contributed by atoms with Crippen molar-refractivity contribution in [3.05, 3.63) is 35.1 Å². The number of fused-ring (bicyclic) bond motifs is 1. The van der Waals surface area contributed by atoms with Crippen LogP contribution in [-0.4, -0.2) is 6.04 Å². The van der Waals surface area contributed by atoms with Crippen LogP contribution in [0.2, 0.25) is 0 Å². The zero-order valence-electron chi connectivity index (χ0n) is 13.4. The van der Waals surface area contributed by atoms with Crippen molar-refractivity contribution in [1.82, 2.24) is 5.32 Å². The van der Waals surface area contributed by atoms with Gasteiger partial charge in [0.15, 0.2) is 0 Å². The van der Waals surface area contributed by atoms with Crippen molar-refractivity contribution < 1.29 is 4.42 Å². The fourth-order valence-corrected chi connectivity index (χ4v) is 2.72. The van der Waals surface area contributed by atoms with Crippen LogP contribution in [0.5, 0.6) is 0 Å². The first-order chi connectivity index (χ1) is 9.52. The highest BCUT2D eigenvalue weighted by molar-refractivity contribution is 5.83. The molecule has 0 unspecified atom stereocenters. The van der Waals surface area contributed by atoms with E-state index >= 15 is 0 Å². The first-order valence-electron chi connectivity index (χ1n) is 7.80. The van der Waals surface area contributed by atoms with Gasteiger partial charge in [-0.2, -0.15) is 0 Å². The summed E-state index contributed by atoms with van der Waals surface area (Å²) < 4.78 is 6.08. The fourth-order valence-electron chi connectivity index (χ4n) is 2.72. The smallest absolute Gasteiger partial charge is 0.134 e. The van der Waals surface area contributed by atoms with Gasteiger partial charge >= 0.3 is 0 Å². The number of hydrogen-bond donors (Lipinski definition) is 1. The van der Waals surface area contributed by atoms with Gasteiger partial charge in [-0.15, -0.1) is 0 Å². The maximum absolute atomic E-state index is 6.08. The van der Waals surface area contributed by atoms with E-state index in [1.54, 1.807) is 0 Å². The number of rotatable bonds is 6. The molecule has 2 heteroatoms. The Morgan fingerprint density at radius 3 is 2.50 bits per heavy atom. The molecule has 2 nitrogen and oxygen atoms in total. The fraction of sp³-hybridized carbons (Fsp3) is 0.556. The first-order valence-corrected chi connectivity index (χ1v) is 7.80. The van der Waals surface area contributed by atoms with E-state index in [0.29, 0.717) is 12.0 Å². The van der Waals surface area contributed by atoms with Gasteiger partial charge in [0.25, 0.3) is 0 Å². The molecule has 0 saturated heterocycles. The van der Waals surface area contributed by atoms with Crippen LogP contribution in [0.15, 0.2) is 22.6 Å². The highest BCUT2D eigenvalue weighted by Gasteiger charge is 2.17. The minimum atomic E-state index is 0.471. The lowest BCUT2D eigenvalue weighted by Crippen LogP contribution is -2.22. The Labute approximate surface area is 122 Å². The highest BCUT2D eigenvalue weighted by atomic mass is 16.3. The second-order valence-electron chi connectivity index (χ2n) is 6.21. The van der Waals surface area contributed by atoms with Gasteiger partial charge in [-0.1, -0.05) is 47.1 Å². The number of aryl methyl sites for hydroxylation is 1. The molecular weight excluding hydrogens is 246 g/mol. The Hall–Kier alpha value is -1.28. The van der Waals surface area contributed by atoms with Crippen molar-refractivity contribution >= 4 is 11.0 Å². The SMILES string of the molecule is CCCc1ccc2oc(CNC(C)C)c(C(C)C)c2c1. The van der Waals surface area contributed by atoms with Gasteiger partial charge in [0.2, 0.25) is 0 Å². The monoisotopic (exact) mass is 273 g/mol. The van der Waals surface area contributed by atoms with E-state index in [0.717, 1.165) is 24.3 Å². The molecule has 2 rings (SSSR count). The van der Waals surface area contributed by atoms with E-state index in [1.807, 2.05) is 0 Å². The summed E-state index contributed by atoms with van der Waals surface area (Å²) in [6.45, 7) is 11.9. The minimum absolute atomic E-state index is 0.471. The lowest BCUT2D eigenvalue weighted by Gasteiger charge is -2.10. The van der Waals surface area contributed by atoms with E-state index in [1.165, 1.54) is 22.9 Å². The molecule has 1 heterocycles. The Morgan fingerprint density at radius 2 is 1.90 bits per heavy atom. The van der Waals surface area contributed by atoms with Gasteiger partial charge in [0, 0.05) is 17.0 Å². The Bertz CT molecular complexity index is 566. The number of benzene rings is 1. The van der Waals surface area contributed by atoms with Crippen LogP contribution >= 0.6 is 0 Å². The minimum Gasteiger partial charge on any atom is -0.459 e. The summed E-state index contributed by atoms with van der Waals surface area (Å²) in [5.74, 6) is 1.58. The molecule has 0 aliphatic rings. The van der Waals surface area contributed by atoms with Gasteiger partial charge < -0.3 is 9.73 Å².